The van der Waals surface area contributed by atoms with Gasteiger partial charge in [0.25, 0.3) is 0 Å². The lowest BCUT2D eigenvalue weighted by Crippen LogP contribution is -2.07. The zero-order chi connectivity index (χ0) is 11.5. The molecule has 5 nitrogen and oxygen atoms in total. The van der Waals surface area contributed by atoms with Gasteiger partial charge in [-0.25, -0.2) is 9.97 Å². The molecule has 0 aromatic carbocycles. The highest BCUT2D eigenvalue weighted by molar-refractivity contribution is 6.13. The van der Waals surface area contributed by atoms with Crippen molar-refractivity contribution in [3.8, 4) is 0 Å². The molecule has 0 amide bonds. The molecule has 80 valence electrons. The van der Waals surface area contributed by atoms with E-state index in [4.69, 9.17) is 16.9 Å². The number of pyridine rings is 2. The van der Waals surface area contributed by atoms with Gasteiger partial charge in [-0.2, -0.15) is 0 Å². The molecule has 0 unspecified atom stereocenters. The van der Waals surface area contributed by atoms with Crippen LogP contribution in [-0.2, 0) is 0 Å². The van der Waals surface area contributed by atoms with E-state index >= 15 is 0 Å². The van der Waals surface area contributed by atoms with Crippen LogP contribution in [0.1, 0.15) is 11.1 Å². The lowest BCUT2D eigenvalue weighted by molar-refractivity contribution is 1.30. The van der Waals surface area contributed by atoms with Crippen LogP contribution in [0.4, 0.5) is 11.6 Å². The Kier molecular flexibility index (Phi) is 2.51. The van der Waals surface area contributed by atoms with Crippen molar-refractivity contribution in [2.24, 2.45) is 0 Å². The first kappa shape index (κ1) is 10.1. The van der Waals surface area contributed by atoms with Crippen molar-refractivity contribution in [2.45, 2.75) is 0 Å². The molecule has 16 heavy (non-hydrogen) atoms. The quantitative estimate of drug-likeness (QED) is 0.649. The molecule has 0 radical (unpaired) electrons. The molecule has 0 fully saturated rings. The SMILES string of the molecule is N=C(c1ccnc(N)c1)c1cccnc1N. The maximum Gasteiger partial charge on any atom is 0.132 e. The van der Waals surface area contributed by atoms with Crippen LogP contribution in [0.25, 0.3) is 0 Å². The highest BCUT2D eigenvalue weighted by atomic mass is 14.8. The molecule has 0 aliphatic carbocycles. The van der Waals surface area contributed by atoms with E-state index in [1.165, 1.54) is 0 Å². The average molecular weight is 213 g/mol. The third-order valence-electron chi connectivity index (χ3n) is 2.18. The van der Waals surface area contributed by atoms with Gasteiger partial charge in [-0.3, -0.25) is 5.41 Å². The van der Waals surface area contributed by atoms with E-state index in [1.54, 1.807) is 36.7 Å². The van der Waals surface area contributed by atoms with Crippen LogP contribution in [-0.4, -0.2) is 15.7 Å². The van der Waals surface area contributed by atoms with Crippen LogP contribution >= 0.6 is 0 Å². The Balaban J connectivity index is 2.44. The van der Waals surface area contributed by atoms with Crippen molar-refractivity contribution >= 4 is 17.3 Å². The first-order valence-electron chi connectivity index (χ1n) is 4.70. The van der Waals surface area contributed by atoms with Crippen LogP contribution in [0, 0.1) is 5.41 Å². The second kappa shape index (κ2) is 3.98. The Morgan fingerprint density at radius 1 is 1.12 bits per heavy atom. The molecule has 0 aliphatic heterocycles. The van der Waals surface area contributed by atoms with Crippen molar-refractivity contribution in [3.05, 3.63) is 47.8 Å². The number of aromatic nitrogens is 2. The molecular formula is C11H11N5. The lowest BCUT2D eigenvalue weighted by atomic mass is 10.0. The fourth-order valence-corrected chi connectivity index (χ4v) is 1.39. The molecule has 0 saturated carbocycles. The molecule has 2 rings (SSSR count). The Morgan fingerprint density at radius 3 is 2.62 bits per heavy atom. The van der Waals surface area contributed by atoms with Gasteiger partial charge in [0.05, 0.1) is 5.71 Å². The fourth-order valence-electron chi connectivity index (χ4n) is 1.39. The predicted octanol–water partition coefficient (Wildman–Crippen LogP) is 1.06. The van der Waals surface area contributed by atoms with E-state index in [1.807, 2.05) is 0 Å². The summed E-state index contributed by atoms with van der Waals surface area (Å²) in [5.74, 6) is 0.715. The minimum atomic E-state index is 0.291. The summed E-state index contributed by atoms with van der Waals surface area (Å²) in [6.45, 7) is 0. The van der Waals surface area contributed by atoms with E-state index in [0.717, 1.165) is 0 Å². The van der Waals surface area contributed by atoms with Crippen LogP contribution in [0.5, 0.6) is 0 Å². The molecule has 0 bridgehead atoms. The zero-order valence-electron chi connectivity index (χ0n) is 8.51. The molecule has 0 saturated heterocycles. The zero-order valence-corrected chi connectivity index (χ0v) is 8.51. The molecule has 0 atom stereocenters. The van der Waals surface area contributed by atoms with Crippen LogP contribution in [0.3, 0.4) is 0 Å². The normalized spacial score (nSPS) is 10.0. The molecule has 2 heterocycles. The van der Waals surface area contributed by atoms with E-state index in [2.05, 4.69) is 9.97 Å². The molecule has 0 spiro atoms. The molecule has 2 aromatic rings. The van der Waals surface area contributed by atoms with E-state index in [9.17, 15) is 0 Å². The van der Waals surface area contributed by atoms with Gasteiger partial charge in [0, 0.05) is 23.5 Å². The van der Waals surface area contributed by atoms with Gasteiger partial charge in [-0.05, 0) is 24.3 Å². The van der Waals surface area contributed by atoms with Crippen molar-refractivity contribution in [1.82, 2.24) is 9.97 Å². The lowest BCUT2D eigenvalue weighted by Gasteiger charge is -2.06. The van der Waals surface area contributed by atoms with E-state index in [0.29, 0.717) is 28.5 Å². The van der Waals surface area contributed by atoms with Gasteiger partial charge in [-0.1, -0.05) is 0 Å². The summed E-state index contributed by atoms with van der Waals surface area (Å²) in [5, 5.41) is 8.00. The first-order valence-corrected chi connectivity index (χ1v) is 4.70. The number of nitrogen functional groups attached to an aromatic ring is 2. The molecular weight excluding hydrogens is 202 g/mol. The molecule has 2 aromatic heterocycles. The van der Waals surface area contributed by atoms with Crippen LogP contribution < -0.4 is 11.5 Å². The summed E-state index contributed by atoms with van der Waals surface area (Å²) >= 11 is 0. The van der Waals surface area contributed by atoms with E-state index in [-0.39, 0.29) is 0 Å². The number of hydrogen-bond acceptors (Lipinski definition) is 5. The van der Waals surface area contributed by atoms with Crippen molar-refractivity contribution in [3.63, 3.8) is 0 Å². The summed E-state index contributed by atoms with van der Waals surface area (Å²) < 4.78 is 0. The average Bonchev–Trinajstić information content (AvgIpc) is 2.29. The first-order chi connectivity index (χ1) is 7.68. The Morgan fingerprint density at radius 2 is 1.94 bits per heavy atom. The number of nitrogens with two attached hydrogens (primary N) is 2. The van der Waals surface area contributed by atoms with E-state index < -0.39 is 0 Å². The highest BCUT2D eigenvalue weighted by Crippen LogP contribution is 2.14. The number of nitrogens with one attached hydrogen (secondary N) is 1. The van der Waals surface area contributed by atoms with Gasteiger partial charge in [0.1, 0.15) is 11.6 Å². The minimum absolute atomic E-state index is 0.291. The number of rotatable bonds is 2. The van der Waals surface area contributed by atoms with Gasteiger partial charge in [-0.15, -0.1) is 0 Å². The van der Waals surface area contributed by atoms with Crippen LogP contribution in [0.15, 0.2) is 36.7 Å². The Bertz CT molecular complexity index is 535. The second-order valence-corrected chi connectivity index (χ2v) is 3.28. The van der Waals surface area contributed by atoms with Gasteiger partial charge < -0.3 is 11.5 Å². The number of nitrogens with zero attached hydrogens (tertiary/aromatic N) is 2. The topological polar surface area (TPSA) is 102 Å². The summed E-state index contributed by atoms with van der Waals surface area (Å²) in [7, 11) is 0. The maximum atomic E-state index is 8.00. The summed E-state index contributed by atoms with van der Waals surface area (Å²) in [6.07, 6.45) is 3.15. The smallest absolute Gasteiger partial charge is 0.132 e. The molecule has 5 heteroatoms. The van der Waals surface area contributed by atoms with Crippen LogP contribution in [0.2, 0.25) is 0 Å². The van der Waals surface area contributed by atoms with Gasteiger partial charge in [0.15, 0.2) is 0 Å². The number of anilines is 2. The molecule has 5 N–H and O–H groups in total. The summed E-state index contributed by atoms with van der Waals surface area (Å²) in [6, 6.07) is 6.84. The fraction of sp³-hybridized carbons (Fsp3) is 0. The van der Waals surface area contributed by atoms with Crippen molar-refractivity contribution in [2.75, 3.05) is 11.5 Å². The third-order valence-corrected chi connectivity index (χ3v) is 2.18. The van der Waals surface area contributed by atoms with Crippen molar-refractivity contribution < 1.29 is 0 Å². The highest BCUT2D eigenvalue weighted by Gasteiger charge is 2.08. The third kappa shape index (κ3) is 1.83. The summed E-state index contributed by atoms with van der Waals surface area (Å²) in [5.41, 5.74) is 12.8. The number of hydrogen-bond donors (Lipinski definition) is 3. The second-order valence-electron chi connectivity index (χ2n) is 3.28. The molecule has 0 aliphatic rings. The predicted molar refractivity (Wildman–Crippen MR) is 63.2 cm³/mol. The Hall–Kier alpha value is -2.43. The van der Waals surface area contributed by atoms with Crippen molar-refractivity contribution in [1.29, 1.82) is 5.41 Å². The Labute approximate surface area is 92.7 Å². The minimum Gasteiger partial charge on any atom is -0.384 e. The standard InChI is InChI=1S/C11H11N5/c12-9-6-7(3-5-15-9)10(13)8-2-1-4-16-11(8)14/h1-6,13H,(H2,12,15)(H2,14,16). The van der Waals surface area contributed by atoms with Gasteiger partial charge in [0.2, 0.25) is 0 Å². The summed E-state index contributed by atoms with van der Waals surface area (Å²) in [4.78, 5) is 7.81. The van der Waals surface area contributed by atoms with Gasteiger partial charge >= 0.3 is 0 Å². The largest absolute Gasteiger partial charge is 0.384 e. The monoisotopic (exact) mass is 213 g/mol. The maximum absolute atomic E-state index is 8.00.